The third kappa shape index (κ3) is 15.4. The van der Waals surface area contributed by atoms with Crippen molar-refractivity contribution < 1.29 is 41.4 Å². The number of aromatic nitrogens is 10. The van der Waals surface area contributed by atoms with E-state index in [-0.39, 0.29) is 30.0 Å². The first kappa shape index (κ1) is 58.7. The zero-order chi connectivity index (χ0) is 56.9. The van der Waals surface area contributed by atoms with Gasteiger partial charge in [0.05, 0.1) is 34.6 Å². The van der Waals surface area contributed by atoms with Gasteiger partial charge in [0, 0.05) is 62.0 Å². The number of aromatic amines is 1. The van der Waals surface area contributed by atoms with E-state index >= 15 is 0 Å². The summed E-state index contributed by atoms with van der Waals surface area (Å²) in [5.74, 6) is -0.501. The number of halogens is 4. The van der Waals surface area contributed by atoms with Crippen molar-refractivity contribution in [3.63, 3.8) is 0 Å². The molecule has 0 aliphatic heterocycles. The summed E-state index contributed by atoms with van der Waals surface area (Å²) in [5.41, 5.74) is 4.93. The lowest BCUT2D eigenvalue weighted by Gasteiger charge is -2.20. The van der Waals surface area contributed by atoms with E-state index < -0.39 is 32.4 Å². The fraction of sp³-hybridized carbons (Fsp3) is 0.481. The van der Waals surface area contributed by atoms with Gasteiger partial charge in [0.25, 0.3) is 11.8 Å². The predicted octanol–water partition coefficient (Wildman–Crippen LogP) is 9.90. The van der Waals surface area contributed by atoms with Gasteiger partial charge < -0.3 is 44.2 Å². The van der Waals surface area contributed by atoms with Gasteiger partial charge in [-0.15, -0.1) is 0 Å². The van der Waals surface area contributed by atoms with Crippen molar-refractivity contribution in [3.05, 3.63) is 72.3 Å². The van der Waals surface area contributed by atoms with E-state index in [9.17, 15) is 27.2 Å². The van der Waals surface area contributed by atoms with Crippen molar-refractivity contribution >= 4 is 64.0 Å². The number of benzene rings is 2. The first-order valence-corrected chi connectivity index (χ1v) is 29.5. The molecule has 3 N–H and O–H groups in total. The van der Waals surface area contributed by atoms with Crippen LogP contribution in [-0.2, 0) is 24.6 Å². The number of carbonyl (C=O) groups excluding carboxylic acids is 2. The van der Waals surface area contributed by atoms with Gasteiger partial charge in [-0.25, -0.2) is 19.9 Å². The lowest BCUT2D eigenvalue weighted by atomic mass is 10.1. The summed E-state index contributed by atoms with van der Waals surface area (Å²) < 4.78 is 72.6. The van der Waals surface area contributed by atoms with E-state index in [1.54, 1.807) is 47.6 Å². The third-order valence-electron chi connectivity index (χ3n) is 12.0. The molecular weight excluding hydrogens is 1030 g/mol. The number of amides is 2. The van der Waals surface area contributed by atoms with E-state index in [1.807, 2.05) is 79.1 Å². The van der Waals surface area contributed by atoms with E-state index in [0.29, 0.717) is 86.7 Å². The summed E-state index contributed by atoms with van der Waals surface area (Å²) in [6, 6.07) is 10.5. The number of nitrogens with one attached hydrogen (secondary N) is 3. The minimum absolute atomic E-state index is 0.0255. The molecule has 24 heteroatoms. The molecule has 2 amide bonds. The molecule has 0 spiro atoms. The standard InChI is InChI=1S/C30H43F2N7O3Si.C24H29F2N7O2/c1-30(2,3)35-28(40)22-18-38(19-41-14-15-43(6,7)8)27-26(22)34-23(17-33-27)25-21-16-20(42-29(31)32)10-11-24(21)39(36-25)13-9-12-37(4)5;1-24(2,3)30-22(34)16-12-27-21-20(16)29-17(13-28-21)19-15-11-14(35-23(25)26)7-8-18(15)33(31-19)10-6-9-32(4)5/h10-11,16-18,29H,9,12-15,19H2,1-8H3,(H,35,40);7-8,11-13,23H,6,9-10H2,1-5H3,(H,27,28)(H,30,34). The van der Waals surface area contributed by atoms with Crippen molar-refractivity contribution in [3.8, 4) is 34.3 Å². The highest BCUT2D eigenvalue weighted by atomic mass is 28.3. The molecule has 420 valence electrons. The van der Waals surface area contributed by atoms with Crippen LogP contribution < -0.4 is 20.1 Å². The maximum atomic E-state index is 13.4. The van der Waals surface area contributed by atoms with E-state index in [1.165, 1.54) is 18.2 Å². The molecule has 0 bridgehead atoms. The van der Waals surface area contributed by atoms with Crippen LogP contribution in [0.3, 0.4) is 0 Å². The van der Waals surface area contributed by atoms with Crippen molar-refractivity contribution in [1.29, 1.82) is 0 Å². The molecular formula is C54H72F4N14O5Si. The van der Waals surface area contributed by atoms with E-state index in [0.717, 1.165) is 43.0 Å². The van der Waals surface area contributed by atoms with Crippen molar-refractivity contribution in [2.45, 2.75) is 124 Å². The molecule has 0 radical (unpaired) electrons. The zero-order valence-corrected chi connectivity index (χ0v) is 47.8. The zero-order valence-electron chi connectivity index (χ0n) is 46.8. The minimum atomic E-state index is -2.95. The van der Waals surface area contributed by atoms with Crippen molar-refractivity contribution in [2.24, 2.45) is 0 Å². The average Bonchev–Trinajstić information content (AvgIpc) is 4.11. The molecule has 6 heterocycles. The van der Waals surface area contributed by atoms with Gasteiger partial charge in [-0.3, -0.25) is 19.0 Å². The summed E-state index contributed by atoms with van der Waals surface area (Å²) in [7, 11) is 6.73. The molecule has 0 fully saturated rings. The third-order valence-corrected chi connectivity index (χ3v) is 13.7. The second kappa shape index (κ2) is 24.3. The fourth-order valence-corrected chi connectivity index (χ4v) is 9.18. The van der Waals surface area contributed by atoms with Crippen LogP contribution in [0, 0.1) is 0 Å². The Bertz CT molecular complexity index is 3370. The number of hydrogen-bond acceptors (Lipinski definition) is 13. The Labute approximate surface area is 452 Å². The molecule has 0 aliphatic carbocycles. The molecule has 0 unspecified atom stereocenters. The highest BCUT2D eigenvalue weighted by Gasteiger charge is 2.26. The maximum absolute atomic E-state index is 13.4. The normalized spacial score (nSPS) is 12.5. The quantitative estimate of drug-likeness (QED) is 0.0349. The van der Waals surface area contributed by atoms with Crippen LogP contribution in [-0.4, -0.2) is 151 Å². The van der Waals surface area contributed by atoms with Crippen LogP contribution in [0.15, 0.2) is 61.2 Å². The van der Waals surface area contributed by atoms with Crippen molar-refractivity contribution in [1.82, 2.24) is 69.5 Å². The Hall–Kier alpha value is -7.02. The van der Waals surface area contributed by atoms with Crippen LogP contribution in [0.2, 0.25) is 25.7 Å². The highest BCUT2D eigenvalue weighted by Crippen LogP contribution is 2.34. The van der Waals surface area contributed by atoms with E-state index in [4.69, 9.17) is 34.6 Å². The molecule has 0 aliphatic rings. The molecule has 8 aromatic rings. The summed E-state index contributed by atoms with van der Waals surface area (Å²) in [6.45, 7) is 16.2. The van der Waals surface area contributed by atoms with Gasteiger partial charge in [-0.1, -0.05) is 19.6 Å². The Kier molecular flexibility index (Phi) is 18.3. The van der Waals surface area contributed by atoms with E-state index in [2.05, 4.69) is 54.8 Å². The molecule has 6 aromatic heterocycles. The monoisotopic (exact) mass is 1100 g/mol. The number of carbonyl (C=O) groups is 2. The lowest BCUT2D eigenvalue weighted by molar-refractivity contribution is -0.0504. The Morgan fingerprint density at radius 2 is 1.19 bits per heavy atom. The van der Waals surface area contributed by atoms with Crippen LogP contribution in [0.4, 0.5) is 17.6 Å². The van der Waals surface area contributed by atoms with Crippen LogP contribution in [0.5, 0.6) is 11.5 Å². The largest absolute Gasteiger partial charge is 0.435 e. The number of rotatable bonds is 21. The Balaban J connectivity index is 0.000000231. The number of fused-ring (bicyclic) bond motifs is 4. The van der Waals surface area contributed by atoms with Gasteiger partial charge in [0.2, 0.25) is 0 Å². The van der Waals surface area contributed by atoms with Gasteiger partial charge >= 0.3 is 13.2 Å². The minimum Gasteiger partial charge on any atom is -0.435 e. The van der Waals surface area contributed by atoms with Crippen molar-refractivity contribution in [2.75, 3.05) is 47.9 Å². The number of nitrogens with zero attached hydrogens (tertiary/aromatic N) is 11. The van der Waals surface area contributed by atoms with Gasteiger partial charge in [-0.05, 0) is 138 Å². The van der Waals surface area contributed by atoms with Crippen LogP contribution >= 0.6 is 0 Å². The molecule has 0 saturated heterocycles. The molecule has 8 rings (SSSR count). The summed E-state index contributed by atoms with van der Waals surface area (Å²) in [4.78, 5) is 52.0. The topological polar surface area (TPSA) is 200 Å². The summed E-state index contributed by atoms with van der Waals surface area (Å²) >= 11 is 0. The first-order chi connectivity index (χ1) is 36.6. The lowest BCUT2D eigenvalue weighted by Crippen LogP contribution is -2.40. The van der Waals surface area contributed by atoms with Crippen LogP contribution in [0.1, 0.15) is 75.1 Å². The first-order valence-electron chi connectivity index (χ1n) is 25.8. The van der Waals surface area contributed by atoms with Crippen LogP contribution in [0.25, 0.3) is 66.9 Å². The molecule has 2 aromatic carbocycles. The smallest absolute Gasteiger partial charge is 0.387 e. The highest BCUT2D eigenvalue weighted by molar-refractivity contribution is 6.76. The average molecular weight is 1100 g/mol. The summed E-state index contributed by atoms with van der Waals surface area (Å²) in [5, 5.41) is 16.7. The molecule has 19 nitrogen and oxygen atoms in total. The molecule has 0 saturated carbocycles. The number of hydrogen-bond donors (Lipinski definition) is 3. The maximum Gasteiger partial charge on any atom is 0.387 e. The number of aryl methyl sites for hydroxylation is 2. The second-order valence-corrected chi connectivity index (χ2v) is 28.5. The summed E-state index contributed by atoms with van der Waals surface area (Å²) in [6.07, 6.45) is 8.12. The van der Waals surface area contributed by atoms with Gasteiger partial charge in [-0.2, -0.15) is 27.8 Å². The fourth-order valence-electron chi connectivity index (χ4n) is 8.43. The predicted molar refractivity (Wildman–Crippen MR) is 297 cm³/mol. The SMILES string of the molecule is CN(C)CCCn1nc(-c2cnc3[nH]cc(C(=O)NC(C)(C)C)c3n2)c2cc(OC(F)F)ccc21.CN(C)CCCn1nc(-c2cnc3c(n2)c(C(=O)NC(C)(C)C)cn3COCC[Si](C)(C)C)c2cc(OC(F)F)ccc21. The Morgan fingerprint density at radius 3 is 1.67 bits per heavy atom. The molecule has 0 atom stereocenters. The molecule has 78 heavy (non-hydrogen) atoms. The number of alkyl halides is 4. The van der Waals surface area contributed by atoms with Gasteiger partial charge in [0.15, 0.2) is 11.3 Å². The van der Waals surface area contributed by atoms with Gasteiger partial charge in [0.1, 0.15) is 52.0 Å². The number of ether oxygens (including phenoxy) is 3. The number of H-pyrrole nitrogens is 1. The Morgan fingerprint density at radius 1 is 0.705 bits per heavy atom. The second-order valence-electron chi connectivity index (χ2n) is 22.9.